The Kier molecular flexibility index (Phi) is 4.40. The Morgan fingerprint density at radius 1 is 1.12 bits per heavy atom. The number of nitrogens with zero attached hydrogens (tertiary/aromatic N) is 5. The number of ether oxygens (including phenoxy) is 1. The second kappa shape index (κ2) is 7.33. The van der Waals surface area contributed by atoms with Crippen molar-refractivity contribution in [3.8, 4) is 5.88 Å². The molecular formula is C26H23N5O2. The maximum Gasteiger partial charge on any atom is 0.228 e. The fraction of sp³-hybridized carbons (Fsp3) is 0.269. The second-order valence-electron chi connectivity index (χ2n) is 9.52. The Morgan fingerprint density at radius 2 is 1.97 bits per heavy atom. The van der Waals surface area contributed by atoms with E-state index in [1.807, 2.05) is 36.5 Å². The van der Waals surface area contributed by atoms with E-state index in [1.54, 1.807) is 17.0 Å². The molecule has 1 aliphatic heterocycles. The molecule has 0 N–H and O–H groups in total. The van der Waals surface area contributed by atoms with E-state index in [2.05, 4.69) is 41.0 Å². The van der Waals surface area contributed by atoms with Crippen molar-refractivity contribution in [2.24, 2.45) is 5.41 Å². The Hall–Kier alpha value is -3.87. The zero-order valence-corrected chi connectivity index (χ0v) is 18.5. The van der Waals surface area contributed by atoms with Crippen molar-refractivity contribution in [3.05, 3.63) is 95.0 Å². The van der Waals surface area contributed by atoms with Gasteiger partial charge in [0, 0.05) is 37.2 Å². The van der Waals surface area contributed by atoms with Crippen LogP contribution in [0.2, 0.25) is 0 Å². The first-order chi connectivity index (χ1) is 16.0. The van der Waals surface area contributed by atoms with Crippen LogP contribution in [-0.2, 0) is 11.2 Å². The highest BCUT2D eigenvalue weighted by molar-refractivity contribution is 6.00. The van der Waals surface area contributed by atoms with Crippen molar-refractivity contribution in [2.45, 2.75) is 39.0 Å². The van der Waals surface area contributed by atoms with Crippen molar-refractivity contribution in [2.75, 3.05) is 0 Å². The molecule has 1 aliphatic carbocycles. The van der Waals surface area contributed by atoms with Gasteiger partial charge in [-0.15, -0.1) is 5.10 Å². The van der Waals surface area contributed by atoms with Crippen LogP contribution in [0, 0.1) is 5.41 Å². The van der Waals surface area contributed by atoms with Crippen molar-refractivity contribution < 1.29 is 9.53 Å². The van der Waals surface area contributed by atoms with Gasteiger partial charge < -0.3 is 4.74 Å². The summed E-state index contributed by atoms with van der Waals surface area (Å²) >= 11 is 0. The molecule has 0 bridgehead atoms. The number of hydrogen-bond acceptors (Lipinski definition) is 6. The molecule has 3 aromatic heterocycles. The number of rotatable bonds is 3. The van der Waals surface area contributed by atoms with Gasteiger partial charge in [-0.05, 0) is 22.6 Å². The Balaban J connectivity index is 1.54. The SMILES string of the molecule is CC1(C)CC(=O)C2=C(C1)Oc1ncn3nc(Cc4ccccc4)nc3c1[C@@H]2c1cccnc1. The minimum Gasteiger partial charge on any atom is -0.442 e. The molecular weight excluding hydrogens is 414 g/mol. The topological polar surface area (TPSA) is 82.3 Å². The first-order valence-electron chi connectivity index (χ1n) is 11.1. The zero-order chi connectivity index (χ0) is 22.6. The van der Waals surface area contributed by atoms with E-state index in [9.17, 15) is 4.79 Å². The summed E-state index contributed by atoms with van der Waals surface area (Å²) in [6.45, 7) is 4.19. The molecule has 1 atom stereocenters. The van der Waals surface area contributed by atoms with Gasteiger partial charge in [0.25, 0.3) is 0 Å². The molecule has 0 spiro atoms. The maximum atomic E-state index is 13.4. The van der Waals surface area contributed by atoms with Gasteiger partial charge in [-0.2, -0.15) is 0 Å². The summed E-state index contributed by atoms with van der Waals surface area (Å²) in [5.74, 6) is 1.65. The van der Waals surface area contributed by atoms with Crippen LogP contribution in [0.25, 0.3) is 5.65 Å². The third-order valence-electron chi connectivity index (χ3n) is 6.33. The van der Waals surface area contributed by atoms with Gasteiger partial charge in [0.1, 0.15) is 12.1 Å². The minimum absolute atomic E-state index is 0.104. The highest BCUT2D eigenvalue weighted by atomic mass is 16.5. The molecule has 4 aromatic rings. The van der Waals surface area contributed by atoms with E-state index >= 15 is 0 Å². The number of allylic oxidation sites excluding steroid dienone is 2. The summed E-state index contributed by atoms with van der Waals surface area (Å²) in [6.07, 6.45) is 6.95. The normalized spacial score (nSPS) is 19.2. The summed E-state index contributed by atoms with van der Waals surface area (Å²) in [6, 6.07) is 14.0. The molecule has 0 fully saturated rings. The molecule has 0 unspecified atom stereocenters. The summed E-state index contributed by atoms with van der Waals surface area (Å²) in [5.41, 5.74) is 4.01. The van der Waals surface area contributed by atoms with Crippen LogP contribution in [0.5, 0.6) is 5.88 Å². The van der Waals surface area contributed by atoms with Crippen LogP contribution in [0.1, 0.15) is 55.1 Å². The van der Waals surface area contributed by atoms with Crippen LogP contribution in [0.15, 0.2) is 72.5 Å². The van der Waals surface area contributed by atoms with Gasteiger partial charge in [-0.3, -0.25) is 9.78 Å². The van der Waals surface area contributed by atoms with E-state index in [-0.39, 0.29) is 17.1 Å². The van der Waals surface area contributed by atoms with Gasteiger partial charge in [0.15, 0.2) is 17.3 Å². The quantitative estimate of drug-likeness (QED) is 0.476. The van der Waals surface area contributed by atoms with Gasteiger partial charge in [0.2, 0.25) is 5.88 Å². The number of hydrogen-bond donors (Lipinski definition) is 0. The Labute approximate surface area is 191 Å². The number of carbonyl (C=O) groups is 1. The number of pyridine rings is 1. The van der Waals surface area contributed by atoms with Crippen LogP contribution < -0.4 is 4.74 Å². The molecule has 0 saturated carbocycles. The van der Waals surface area contributed by atoms with Crippen molar-refractivity contribution in [1.82, 2.24) is 24.6 Å². The summed E-state index contributed by atoms with van der Waals surface area (Å²) in [4.78, 5) is 27.2. The largest absolute Gasteiger partial charge is 0.442 e. The van der Waals surface area contributed by atoms with E-state index in [0.29, 0.717) is 47.9 Å². The van der Waals surface area contributed by atoms with Crippen LogP contribution in [-0.4, -0.2) is 30.3 Å². The molecule has 6 rings (SSSR count). The zero-order valence-electron chi connectivity index (χ0n) is 18.5. The number of ketones is 1. The molecule has 7 nitrogen and oxygen atoms in total. The molecule has 7 heteroatoms. The highest BCUT2D eigenvalue weighted by Gasteiger charge is 2.44. The average molecular weight is 438 g/mol. The second-order valence-corrected chi connectivity index (χ2v) is 9.52. The standard InChI is InChI=1S/C26H23N5O2/c1-26(2)12-18(32)22-19(13-26)33-25-23(21(22)17-9-6-10-27-14-17)24-29-20(30-31(24)15-28-25)11-16-7-4-3-5-8-16/h3-10,14-15,21H,11-13H2,1-2H3/t21-/m1/s1. The fourth-order valence-corrected chi connectivity index (χ4v) is 4.92. The van der Waals surface area contributed by atoms with Crippen molar-refractivity contribution in [1.29, 1.82) is 0 Å². The lowest BCUT2D eigenvalue weighted by molar-refractivity contribution is -0.118. The van der Waals surface area contributed by atoms with Gasteiger partial charge >= 0.3 is 0 Å². The van der Waals surface area contributed by atoms with Gasteiger partial charge in [-0.1, -0.05) is 50.2 Å². The average Bonchev–Trinajstić information content (AvgIpc) is 3.20. The molecule has 0 amide bonds. The number of benzene rings is 1. The lowest BCUT2D eigenvalue weighted by Crippen LogP contribution is -2.33. The first kappa shape index (κ1) is 19.8. The highest BCUT2D eigenvalue weighted by Crippen LogP contribution is 2.50. The smallest absolute Gasteiger partial charge is 0.228 e. The lowest BCUT2D eigenvalue weighted by Gasteiger charge is -2.37. The van der Waals surface area contributed by atoms with E-state index in [4.69, 9.17) is 9.72 Å². The van der Waals surface area contributed by atoms with Gasteiger partial charge in [0.05, 0.1) is 11.5 Å². The number of Topliss-reactive ketones (excluding diaryl/α,β-unsaturated/α-hetero) is 1. The van der Waals surface area contributed by atoms with Crippen molar-refractivity contribution in [3.63, 3.8) is 0 Å². The molecule has 2 aliphatic rings. The predicted octanol–water partition coefficient (Wildman–Crippen LogP) is 4.28. The Morgan fingerprint density at radius 3 is 2.76 bits per heavy atom. The molecule has 164 valence electrons. The van der Waals surface area contributed by atoms with Crippen molar-refractivity contribution >= 4 is 11.4 Å². The van der Waals surface area contributed by atoms with Gasteiger partial charge in [-0.25, -0.2) is 14.5 Å². The predicted molar refractivity (Wildman–Crippen MR) is 122 cm³/mol. The first-order valence-corrected chi connectivity index (χ1v) is 11.1. The third-order valence-corrected chi connectivity index (χ3v) is 6.33. The summed E-state index contributed by atoms with van der Waals surface area (Å²) < 4.78 is 7.96. The summed E-state index contributed by atoms with van der Waals surface area (Å²) in [5, 5.41) is 4.66. The number of carbonyl (C=O) groups excluding carboxylic acids is 1. The fourth-order valence-electron chi connectivity index (χ4n) is 4.92. The molecule has 4 heterocycles. The third kappa shape index (κ3) is 3.40. The van der Waals surface area contributed by atoms with E-state index < -0.39 is 0 Å². The number of fused-ring (bicyclic) bond motifs is 3. The molecule has 1 aromatic carbocycles. The number of aromatic nitrogens is 5. The molecule has 33 heavy (non-hydrogen) atoms. The van der Waals surface area contributed by atoms with Crippen LogP contribution >= 0.6 is 0 Å². The van der Waals surface area contributed by atoms with Crippen LogP contribution in [0.4, 0.5) is 0 Å². The molecule has 0 radical (unpaired) electrons. The summed E-state index contributed by atoms with van der Waals surface area (Å²) in [7, 11) is 0. The minimum atomic E-state index is -0.342. The Bertz CT molecular complexity index is 1410. The maximum absolute atomic E-state index is 13.4. The van der Waals surface area contributed by atoms with E-state index in [0.717, 1.165) is 16.7 Å². The van der Waals surface area contributed by atoms with Crippen LogP contribution in [0.3, 0.4) is 0 Å². The monoisotopic (exact) mass is 437 g/mol. The van der Waals surface area contributed by atoms with E-state index in [1.165, 1.54) is 0 Å². The lowest BCUT2D eigenvalue weighted by atomic mass is 9.70. The molecule has 0 saturated heterocycles.